The largest absolute Gasteiger partial charge is 0.478 e. The lowest BCUT2D eigenvalue weighted by molar-refractivity contribution is -0.474. The van der Waals surface area contributed by atoms with Gasteiger partial charge in [0.2, 0.25) is 0 Å². The molecule has 0 amide bonds. The van der Waals surface area contributed by atoms with Crippen molar-refractivity contribution in [3.8, 4) is 0 Å². The second-order valence-electron chi connectivity index (χ2n) is 1.02. The minimum Gasteiger partial charge on any atom is -0.478 e. The summed E-state index contributed by atoms with van der Waals surface area (Å²) in [6, 6.07) is 0. The van der Waals surface area contributed by atoms with Crippen LogP contribution in [0.4, 0.5) is 0 Å². The first kappa shape index (κ1) is 4.51. The Balaban J connectivity index is 2.27. The van der Waals surface area contributed by atoms with Crippen LogP contribution >= 0.6 is 0 Å². The number of carbonyl (C=O) groups is 1. The molecule has 5 nitrogen and oxygen atoms in total. The van der Waals surface area contributed by atoms with Crippen molar-refractivity contribution in [3.63, 3.8) is 0 Å². The number of hydrogen-bond acceptors (Lipinski definition) is 4. The van der Waals surface area contributed by atoms with Crippen molar-refractivity contribution in [2.24, 2.45) is 0 Å². The van der Waals surface area contributed by atoms with Crippen LogP contribution in [-0.2, 0) is 14.7 Å². The molecular weight excluding hydrogens is 102 g/mol. The summed E-state index contributed by atoms with van der Waals surface area (Å²) in [5.41, 5.74) is 2.02. The maximum absolute atomic E-state index is 9.71. The average Bonchev–Trinajstić information content (AvgIpc) is 1.23. The minimum atomic E-state index is -1.08. The van der Waals surface area contributed by atoms with Crippen molar-refractivity contribution in [2.45, 2.75) is 6.23 Å². The minimum absolute atomic E-state index is 0.972. The van der Waals surface area contributed by atoms with E-state index in [-0.39, 0.29) is 0 Å². The monoisotopic (exact) mass is 105 g/mol. The van der Waals surface area contributed by atoms with Crippen molar-refractivity contribution in [3.05, 3.63) is 0 Å². The zero-order chi connectivity index (χ0) is 5.28. The van der Waals surface area contributed by atoms with Crippen LogP contribution in [0.1, 0.15) is 0 Å². The van der Waals surface area contributed by atoms with Gasteiger partial charge in [-0.05, 0) is 0 Å². The quantitative estimate of drug-likeness (QED) is 0.413. The van der Waals surface area contributed by atoms with Crippen LogP contribution < -0.4 is 5.48 Å². The molecule has 2 N–H and O–H groups in total. The van der Waals surface area contributed by atoms with E-state index in [9.17, 15) is 4.79 Å². The molecule has 0 radical (unpaired) electrons. The summed E-state index contributed by atoms with van der Waals surface area (Å²) >= 11 is 0. The van der Waals surface area contributed by atoms with Gasteiger partial charge in [0.1, 0.15) is 0 Å². The predicted octanol–water partition coefficient (Wildman–Crippen LogP) is -1.14. The Bertz CT molecular complexity index is 87.7. The SMILES string of the molecule is O=C(O)C1NOO1. The highest BCUT2D eigenvalue weighted by Gasteiger charge is 2.27. The topological polar surface area (TPSA) is 67.8 Å². The Kier molecular flexibility index (Phi) is 0.935. The number of carboxylic acid groups (broad SMARTS) is 1. The molecule has 0 spiro atoms. The van der Waals surface area contributed by atoms with Crippen LogP contribution in [0, 0.1) is 0 Å². The lowest BCUT2D eigenvalue weighted by Gasteiger charge is -2.19. The first-order valence-electron chi connectivity index (χ1n) is 1.61. The van der Waals surface area contributed by atoms with Gasteiger partial charge >= 0.3 is 5.97 Å². The highest BCUT2D eigenvalue weighted by molar-refractivity contribution is 5.71. The van der Waals surface area contributed by atoms with E-state index in [0.29, 0.717) is 0 Å². The van der Waals surface area contributed by atoms with Crippen LogP contribution in [0.15, 0.2) is 0 Å². The second-order valence-corrected chi connectivity index (χ2v) is 1.02. The van der Waals surface area contributed by atoms with Crippen LogP contribution in [0.2, 0.25) is 0 Å². The van der Waals surface area contributed by atoms with Gasteiger partial charge in [0, 0.05) is 0 Å². The molecule has 1 aliphatic heterocycles. The Morgan fingerprint density at radius 3 is 2.43 bits per heavy atom. The average molecular weight is 105 g/mol. The molecular formula is C2H3NO4. The van der Waals surface area contributed by atoms with Gasteiger partial charge in [0.05, 0.1) is 0 Å². The van der Waals surface area contributed by atoms with Gasteiger partial charge in [-0.3, -0.25) is 0 Å². The van der Waals surface area contributed by atoms with E-state index in [4.69, 9.17) is 5.11 Å². The fraction of sp³-hybridized carbons (Fsp3) is 0.500. The Morgan fingerprint density at radius 2 is 2.43 bits per heavy atom. The number of rotatable bonds is 1. The molecule has 0 aliphatic carbocycles. The Labute approximate surface area is 38.7 Å². The molecule has 0 aromatic carbocycles. The smallest absolute Gasteiger partial charge is 0.353 e. The number of hydroxylamine groups is 1. The molecule has 0 aromatic rings. The van der Waals surface area contributed by atoms with E-state index in [1.165, 1.54) is 0 Å². The molecule has 1 heterocycles. The van der Waals surface area contributed by atoms with E-state index >= 15 is 0 Å². The predicted molar refractivity (Wildman–Crippen MR) is 16.7 cm³/mol. The summed E-state index contributed by atoms with van der Waals surface area (Å²) in [6.45, 7) is 0. The van der Waals surface area contributed by atoms with Crippen LogP contribution in [0.25, 0.3) is 0 Å². The fourth-order valence-electron chi connectivity index (χ4n) is 0.188. The molecule has 7 heavy (non-hydrogen) atoms. The van der Waals surface area contributed by atoms with E-state index in [2.05, 4.69) is 9.88 Å². The highest BCUT2D eigenvalue weighted by atomic mass is 17.3. The zero-order valence-electron chi connectivity index (χ0n) is 3.25. The second kappa shape index (κ2) is 1.45. The molecule has 1 rings (SSSR count). The number of carboxylic acids is 1. The van der Waals surface area contributed by atoms with Gasteiger partial charge in [-0.25, -0.2) is 4.79 Å². The maximum Gasteiger partial charge on any atom is 0.353 e. The molecule has 40 valence electrons. The Hall–Kier alpha value is -0.650. The first-order valence-corrected chi connectivity index (χ1v) is 1.61. The normalized spacial score (nSPS) is 28.9. The van der Waals surface area contributed by atoms with Crippen molar-refractivity contribution >= 4 is 5.97 Å². The summed E-state index contributed by atoms with van der Waals surface area (Å²) in [5.74, 6) is -1.08. The zero-order valence-corrected chi connectivity index (χ0v) is 3.25. The highest BCUT2D eigenvalue weighted by Crippen LogP contribution is 1.96. The van der Waals surface area contributed by atoms with Crippen molar-refractivity contribution < 1.29 is 19.8 Å². The molecule has 5 heteroatoms. The van der Waals surface area contributed by atoms with E-state index in [0.717, 1.165) is 0 Å². The number of hydrogen-bond donors (Lipinski definition) is 2. The lowest BCUT2D eigenvalue weighted by Crippen LogP contribution is -2.49. The molecule has 1 aliphatic rings. The molecule has 0 aromatic heterocycles. The van der Waals surface area contributed by atoms with Crippen LogP contribution in [0.5, 0.6) is 0 Å². The summed E-state index contributed by atoms with van der Waals surface area (Å²) in [7, 11) is 0. The summed E-state index contributed by atoms with van der Waals surface area (Å²) in [5, 5.41) is 7.97. The van der Waals surface area contributed by atoms with Gasteiger partial charge in [-0.2, -0.15) is 4.89 Å². The maximum atomic E-state index is 9.71. The molecule has 1 fully saturated rings. The molecule has 1 unspecified atom stereocenters. The third kappa shape index (κ3) is 0.687. The molecule has 0 bridgehead atoms. The molecule has 1 saturated heterocycles. The first-order chi connectivity index (χ1) is 3.30. The van der Waals surface area contributed by atoms with Crippen molar-refractivity contribution in [1.29, 1.82) is 0 Å². The summed E-state index contributed by atoms with van der Waals surface area (Å²) in [6.07, 6.45) is -0.972. The fourth-order valence-corrected chi connectivity index (χ4v) is 0.188. The summed E-state index contributed by atoms with van der Waals surface area (Å²) in [4.78, 5) is 17.6. The third-order valence-electron chi connectivity index (χ3n) is 0.524. The van der Waals surface area contributed by atoms with E-state index in [1.807, 2.05) is 5.48 Å². The summed E-state index contributed by atoms with van der Waals surface area (Å²) < 4.78 is 0. The number of aliphatic carboxylic acids is 1. The van der Waals surface area contributed by atoms with Crippen LogP contribution in [-0.4, -0.2) is 17.3 Å². The lowest BCUT2D eigenvalue weighted by atomic mass is 10.6. The molecule has 0 saturated carbocycles. The van der Waals surface area contributed by atoms with Gasteiger partial charge in [-0.15, -0.1) is 10.5 Å². The number of nitrogens with one attached hydrogen (secondary N) is 1. The van der Waals surface area contributed by atoms with Gasteiger partial charge in [0.25, 0.3) is 6.23 Å². The van der Waals surface area contributed by atoms with E-state index < -0.39 is 12.2 Å². The molecule has 1 atom stereocenters. The van der Waals surface area contributed by atoms with Crippen molar-refractivity contribution in [1.82, 2.24) is 5.48 Å². The van der Waals surface area contributed by atoms with Crippen LogP contribution in [0.3, 0.4) is 0 Å². The van der Waals surface area contributed by atoms with Gasteiger partial charge in [0.15, 0.2) is 0 Å². The van der Waals surface area contributed by atoms with Gasteiger partial charge < -0.3 is 5.11 Å². The van der Waals surface area contributed by atoms with E-state index in [1.54, 1.807) is 0 Å². The Morgan fingerprint density at radius 1 is 1.86 bits per heavy atom. The standard InChI is InChI=1S/C2H3NO4/c4-2(5)1-3-7-6-1/h1,3H,(H,4,5). The third-order valence-corrected chi connectivity index (χ3v) is 0.524. The van der Waals surface area contributed by atoms with Crippen molar-refractivity contribution in [2.75, 3.05) is 0 Å². The van der Waals surface area contributed by atoms with Gasteiger partial charge in [-0.1, -0.05) is 0 Å².